The number of ether oxygens (including phenoxy) is 1. The lowest BCUT2D eigenvalue weighted by atomic mass is 9.96. The Kier molecular flexibility index (Phi) is 5.32. The van der Waals surface area contributed by atoms with Gasteiger partial charge in [-0.3, -0.25) is 14.4 Å². The van der Waals surface area contributed by atoms with Crippen molar-refractivity contribution in [2.75, 3.05) is 19.7 Å². The van der Waals surface area contributed by atoms with Gasteiger partial charge in [-0.15, -0.1) is 0 Å². The van der Waals surface area contributed by atoms with Gasteiger partial charge in [0.1, 0.15) is 0 Å². The molecule has 0 spiro atoms. The number of carbonyl (C=O) groups excluding carboxylic acids is 3. The van der Waals surface area contributed by atoms with Crippen molar-refractivity contribution in [3.05, 3.63) is 22.4 Å². The molecule has 114 valence electrons. The summed E-state index contributed by atoms with van der Waals surface area (Å²) in [5.74, 6) is -1.11. The molecule has 1 aromatic heterocycles. The van der Waals surface area contributed by atoms with E-state index < -0.39 is 5.97 Å². The Morgan fingerprint density at radius 3 is 2.62 bits per heavy atom. The highest BCUT2D eigenvalue weighted by Gasteiger charge is 2.26. The average Bonchev–Trinajstić information content (AvgIpc) is 2.97. The molecule has 1 saturated heterocycles. The predicted octanol–water partition coefficient (Wildman–Crippen LogP) is 0.558. The van der Waals surface area contributed by atoms with Crippen LogP contribution in [0.3, 0.4) is 0 Å². The van der Waals surface area contributed by atoms with Crippen LogP contribution >= 0.6 is 11.3 Å². The molecule has 2 amide bonds. The Labute approximate surface area is 126 Å². The maximum atomic E-state index is 11.9. The molecular formula is C14H18N2O4S. The molecule has 2 N–H and O–H groups in total. The van der Waals surface area contributed by atoms with E-state index in [4.69, 9.17) is 10.5 Å². The molecule has 0 aliphatic carbocycles. The van der Waals surface area contributed by atoms with Gasteiger partial charge >= 0.3 is 5.97 Å². The first-order valence-electron chi connectivity index (χ1n) is 6.80. The second-order valence-corrected chi connectivity index (χ2v) is 5.81. The highest BCUT2D eigenvalue weighted by atomic mass is 32.1. The highest BCUT2D eigenvalue weighted by molar-refractivity contribution is 7.07. The van der Waals surface area contributed by atoms with E-state index in [1.54, 1.807) is 4.90 Å². The van der Waals surface area contributed by atoms with Crippen molar-refractivity contribution in [2.24, 2.45) is 11.7 Å². The number of carbonyl (C=O) groups is 3. The molecule has 2 rings (SSSR count). The molecule has 0 unspecified atom stereocenters. The van der Waals surface area contributed by atoms with Gasteiger partial charge in [0.2, 0.25) is 5.91 Å². The third-order valence-corrected chi connectivity index (χ3v) is 4.27. The summed E-state index contributed by atoms with van der Waals surface area (Å²) >= 11 is 1.51. The summed E-state index contributed by atoms with van der Waals surface area (Å²) in [5.41, 5.74) is 6.13. The number of likely N-dealkylation sites (tertiary alicyclic amines) is 1. The molecule has 1 aliphatic rings. The largest absolute Gasteiger partial charge is 0.455 e. The van der Waals surface area contributed by atoms with Crippen LogP contribution < -0.4 is 5.73 Å². The van der Waals surface area contributed by atoms with Crippen LogP contribution in [-0.4, -0.2) is 42.4 Å². The van der Waals surface area contributed by atoms with Crippen LogP contribution in [-0.2, 0) is 25.5 Å². The first kappa shape index (κ1) is 15.5. The molecule has 1 aliphatic heterocycles. The number of primary amides is 1. The second kappa shape index (κ2) is 7.21. The van der Waals surface area contributed by atoms with Gasteiger partial charge in [0.05, 0.1) is 6.42 Å². The number of piperidine rings is 1. The lowest BCUT2D eigenvalue weighted by Crippen LogP contribution is -2.43. The van der Waals surface area contributed by atoms with Crippen molar-refractivity contribution >= 4 is 29.1 Å². The minimum absolute atomic E-state index is 0.157. The average molecular weight is 310 g/mol. The van der Waals surface area contributed by atoms with Gasteiger partial charge in [0.25, 0.3) is 5.91 Å². The van der Waals surface area contributed by atoms with Crippen molar-refractivity contribution < 1.29 is 19.1 Å². The van der Waals surface area contributed by atoms with Crippen LogP contribution in [0.2, 0.25) is 0 Å². The fraction of sp³-hybridized carbons (Fsp3) is 0.500. The molecule has 0 aromatic carbocycles. The molecule has 21 heavy (non-hydrogen) atoms. The number of esters is 1. The van der Waals surface area contributed by atoms with Gasteiger partial charge in [-0.05, 0) is 35.2 Å². The van der Waals surface area contributed by atoms with E-state index in [0.29, 0.717) is 25.9 Å². The predicted molar refractivity (Wildman–Crippen MR) is 77.5 cm³/mol. The topological polar surface area (TPSA) is 89.7 Å². The Bertz CT molecular complexity index is 507. The maximum absolute atomic E-state index is 11.9. The molecule has 1 aromatic rings. The Morgan fingerprint density at radius 2 is 2.05 bits per heavy atom. The Hall–Kier alpha value is -1.89. The van der Waals surface area contributed by atoms with Gasteiger partial charge < -0.3 is 15.4 Å². The van der Waals surface area contributed by atoms with Crippen molar-refractivity contribution in [1.82, 2.24) is 4.90 Å². The molecular weight excluding hydrogens is 292 g/mol. The van der Waals surface area contributed by atoms with Crippen molar-refractivity contribution in [3.63, 3.8) is 0 Å². The number of amides is 2. The summed E-state index contributed by atoms with van der Waals surface area (Å²) < 4.78 is 4.99. The highest BCUT2D eigenvalue weighted by Crippen LogP contribution is 2.16. The minimum Gasteiger partial charge on any atom is -0.455 e. The summed E-state index contributed by atoms with van der Waals surface area (Å²) in [5, 5.41) is 3.76. The van der Waals surface area contributed by atoms with E-state index in [1.165, 1.54) is 11.3 Å². The van der Waals surface area contributed by atoms with Gasteiger partial charge in [-0.2, -0.15) is 11.3 Å². The van der Waals surface area contributed by atoms with Crippen molar-refractivity contribution in [1.29, 1.82) is 0 Å². The lowest BCUT2D eigenvalue weighted by Gasteiger charge is -2.30. The Balaban J connectivity index is 1.70. The zero-order chi connectivity index (χ0) is 15.2. The maximum Gasteiger partial charge on any atom is 0.310 e. The number of thiophene rings is 1. The SMILES string of the molecule is NC(=O)C1CCN(C(=O)COC(=O)Cc2ccsc2)CC1. The monoisotopic (exact) mass is 310 g/mol. The number of hydrogen-bond donors (Lipinski definition) is 1. The van der Waals surface area contributed by atoms with E-state index in [0.717, 1.165) is 5.56 Å². The third kappa shape index (κ3) is 4.56. The summed E-state index contributed by atoms with van der Waals surface area (Å²) in [7, 11) is 0. The molecule has 0 atom stereocenters. The van der Waals surface area contributed by atoms with Gasteiger partial charge in [-0.25, -0.2) is 0 Å². The smallest absolute Gasteiger partial charge is 0.310 e. The van der Waals surface area contributed by atoms with Gasteiger partial charge in [0.15, 0.2) is 6.61 Å². The number of hydrogen-bond acceptors (Lipinski definition) is 5. The van der Waals surface area contributed by atoms with E-state index >= 15 is 0 Å². The van der Waals surface area contributed by atoms with Crippen LogP contribution in [0.25, 0.3) is 0 Å². The number of nitrogens with two attached hydrogens (primary N) is 1. The van der Waals surface area contributed by atoms with Crippen LogP contribution in [0.5, 0.6) is 0 Å². The zero-order valence-electron chi connectivity index (χ0n) is 11.6. The first-order chi connectivity index (χ1) is 10.1. The van der Waals surface area contributed by atoms with E-state index in [1.807, 2.05) is 16.8 Å². The zero-order valence-corrected chi connectivity index (χ0v) is 12.4. The van der Waals surface area contributed by atoms with Crippen molar-refractivity contribution in [3.8, 4) is 0 Å². The van der Waals surface area contributed by atoms with Crippen molar-refractivity contribution in [2.45, 2.75) is 19.3 Å². The van der Waals surface area contributed by atoms with Crippen LogP contribution in [0.1, 0.15) is 18.4 Å². The fourth-order valence-electron chi connectivity index (χ4n) is 2.26. The molecule has 0 bridgehead atoms. The molecule has 1 fully saturated rings. The fourth-order valence-corrected chi connectivity index (χ4v) is 2.93. The minimum atomic E-state index is -0.409. The first-order valence-corrected chi connectivity index (χ1v) is 7.74. The Morgan fingerprint density at radius 1 is 1.33 bits per heavy atom. The molecule has 7 heteroatoms. The summed E-state index contributed by atoms with van der Waals surface area (Å²) in [6.07, 6.45) is 1.33. The lowest BCUT2D eigenvalue weighted by molar-refractivity contribution is -0.152. The summed E-state index contributed by atoms with van der Waals surface area (Å²) in [6.45, 7) is 0.716. The van der Waals surface area contributed by atoms with Gasteiger partial charge in [0, 0.05) is 19.0 Å². The van der Waals surface area contributed by atoms with E-state index in [9.17, 15) is 14.4 Å². The summed E-state index contributed by atoms with van der Waals surface area (Å²) in [4.78, 5) is 36.2. The number of rotatable bonds is 5. The molecule has 0 saturated carbocycles. The van der Waals surface area contributed by atoms with E-state index in [2.05, 4.69) is 0 Å². The summed E-state index contributed by atoms with van der Waals surface area (Å²) in [6, 6.07) is 1.85. The van der Waals surface area contributed by atoms with Crippen LogP contribution in [0, 0.1) is 5.92 Å². The third-order valence-electron chi connectivity index (χ3n) is 3.54. The second-order valence-electron chi connectivity index (χ2n) is 5.03. The standard InChI is InChI=1S/C14H18N2O4S/c15-14(19)11-1-4-16(5-2-11)12(17)8-20-13(18)7-10-3-6-21-9-10/h3,6,9,11H,1-2,4-5,7-8H2,(H2,15,19). The molecule has 0 radical (unpaired) electrons. The quantitative estimate of drug-likeness (QED) is 0.805. The van der Waals surface area contributed by atoms with Crippen LogP contribution in [0.4, 0.5) is 0 Å². The molecule has 2 heterocycles. The number of nitrogens with zero attached hydrogens (tertiary/aromatic N) is 1. The normalized spacial score (nSPS) is 15.7. The van der Waals surface area contributed by atoms with Gasteiger partial charge in [-0.1, -0.05) is 0 Å². The van der Waals surface area contributed by atoms with Crippen LogP contribution in [0.15, 0.2) is 16.8 Å². The van der Waals surface area contributed by atoms with E-state index in [-0.39, 0.29) is 30.8 Å². The molecule has 6 nitrogen and oxygen atoms in total.